The Morgan fingerprint density at radius 2 is 1.90 bits per heavy atom. The van der Waals surface area contributed by atoms with Crippen LogP contribution in [0.3, 0.4) is 0 Å². The fourth-order valence-corrected chi connectivity index (χ4v) is 4.83. The molecular formula is C23H20ClFN2O2S. The number of aryl methyl sites for hydroxylation is 1. The Morgan fingerprint density at radius 1 is 1.13 bits per heavy atom. The molecule has 3 aromatic rings. The van der Waals surface area contributed by atoms with Gasteiger partial charge in [-0.2, -0.15) is 11.3 Å². The quantitative estimate of drug-likeness (QED) is 0.531. The molecule has 0 saturated carbocycles. The maximum absolute atomic E-state index is 13.9. The maximum Gasteiger partial charge on any atom is 0.237 e. The van der Waals surface area contributed by atoms with E-state index in [-0.39, 0.29) is 18.2 Å². The van der Waals surface area contributed by atoms with Crippen molar-refractivity contribution in [1.29, 1.82) is 0 Å². The molecule has 1 spiro atoms. The lowest BCUT2D eigenvalue weighted by Crippen LogP contribution is -2.52. The Bertz CT molecular complexity index is 1090. The second kappa shape index (κ2) is 8.20. The molecule has 3 heterocycles. The third kappa shape index (κ3) is 3.61. The van der Waals surface area contributed by atoms with Gasteiger partial charge in [0.25, 0.3) is 0 Å². The van der Waals surface area contributed by atoms with Crippen LogP contribution in [-0.2, 0) is 15.0 Å². The fourth-order valence-electron chi connectivity index (χ4n) is 4.20. The van der Waals surface area contributed by atoms with E-state index >= 15 is 0 Å². The highest BCUT2D eigenvalue weighted by molar-refractivity contribution is 7.07. The monoisotopic (exact) mass is 442 g/mol. The van der Waals surface area contributed by atoms with Crippen molar-refractivity contribution in [2.45, 2.75) is 31.2 Å². The minimum absolute atomic E-state index is 0.144. The number of rotatable bonds is 1. The van der Waals surface area contributed by atoms with Gasteiger partial charge >= 0.3 is 0 Å². The van der Waals surface area contributed by atoms with Crippen LogP contribution in [-0.4, -0.2) is 11.8 Å². The highest BCUT2D eigenvalue weighted by Gasteiger charge is 2.55. The second-order valence-electron chi connectivity index (χ2n) is 7.41. The number of fused-ring (bicyclic) bond motifs is 2. The third-order valence-corrected chi connectivity index (χ3v) is 6.50. The van der Waals surface area contributed by atoms with Gasteiger partial charge in [0.1, 0.15) is 11.2 Å². The molecule has 4 nitrogen and oxygen atoms in total. The van der Waals surface area contributed by atoms with E-state index < -0.39 is 17.3 Å². The van der Waals surface area contributed by atoms with Gasteiger partial charge in [0, 0.05) is 17.1 Å². The minimum atomic E-state index is -0.966. The largest absolute Gasteiger partial charge is 0.348 e. The number of halogens is 2. The number of nitrogens with one attached hydrogen (secondary N) is 2. The summed E-state index contributed by atoms with van der Waals surface area (Å²) in [5.41, 5.74) is 1.91. The lowest BCUT2D eigenvalue weighted by molar-refractivity contribution is -0.130. The van der Waals surface area contributed by atoms with Gasteiger partial charge in [0.15, 0.2) is 0 Å². The average molecular weight is 443 g/mol. The first-order valence-electron chi connectivity index (χ1n) is 9.56. The maximum atomic E-state index is 13.9. The Balaban J connectivity index is 0.000000383. The van der Waals surface area contributed by atoms with E-state index in [1.165, 1.54) is 12.1 Å². The van der Waals surface area contributed by atoms with Gasteiger partial charge in [-0.05, 0) is 65.1 Å². The molecule has 1 saturated heterocycles. The molecule has 0 bridgehead atoms. The van der Waals surface area contributed by atoms with Gasteiger partial charge in [-0.3, -0.25) is 9.59 Å². The van der Waals surface area contributed by atoms with E-state index in [0.717, 1.165) is 11.1 Å². The fraction of sp³-hybridized carbons (Fsp3) is 0.217. The van der Waals surface area contributed by atoms with Gasteiger partial charge in [-0.15, -0.1) is 0 Å². The molecular weight excluding hydrogens is 423 g/mol. The molecule has 2 aliphatic rings. The van der Waals surface area contributed by atoms with Gasteiger partial charge in [0.05, 0.1) is 6.04 Å². The molecule has 2 N–H and O–H groups in total. The van der Waals surface area contributed by atoms with Crippen molar-refractivity contribution < 1.29 is 14.0 Å². The molecule has 154 valence electrons. The summed E-state index contributed by atoms with van der Waals surface area (Å²) in [4.78, 5) is 25.1. The highest BCUT2D eigenvalue weighted by atomic mass is 35.5. The summed E-state index contributed by atoms with van der Waals surface area (Å²) < 4.78 is 13.9. The number of hydrogen-bond donors (Lipinski definition) is 2. The summed E-state index contributed by atoms with van der Waals surface area (Å²) in [6.07, 6.45) is 0.597. The van der Waals surface area contributed by atoms with E-state index in [1.807, 2.05) is 35.9 Å². The lowest BCUT2D eigenvalue weighted by Gasteiger charge is -2.41. The molecule has 0 radical (unpaired) electrons. The molecule has 30 heavy (non-hydrogen) atoms. The van der Waals surface area contributed by atoms with E-state index in [1.54, 1.807) is 29.5 Å². The number of hydrogen-bond acceptors (Lipinski definition) is 3. The lowest BCUT2D eigenvalue weighted by atomic mass is 9.67. The topological polar surface area (TPSA) is 58.2 Å². The van der Waals surface area contributed by atoms with Crippen molar-refractivity contribution >= 4 is 40.4 Å². The molecule has 2 atom stereocenters. The number of amides is 2. The predicted molar refractivity (Wildman–Crippen MR) is 117 cm³/mol. The number of benzene rings is 2. The zero-order chi connectivity index (χ0) is 21.3. The van der Waals surface area contributed by atoms with Crippen LogP contribution in [0.2, 0.25) is 5.02 Å². The summed E-state index contributed by atoms with van der Waals surface area (Å²) >= 11 is 7.76. The second-order valence-corrected chi connectivity index (χ2v) is 8.66. The van der Waals surface area contributed by atoms with Crippen molar-refractivity contribution in [3.63, 3.8) is 0 Å². The van der Waals surface area contributed by atoms with Crippen molar-refractivity contribution in [3.05, 3.63) is 86.8 Å². The highest BCUT2D eigenvalue weighted by Crippen LogP contribution is 2.51. The molecule has 0 unspecified atom stereocenters. The molecule has 2 aromatic carbocycles. The summed E-state index contributed by atoms with van der Waals surface area (Å²) in [6.45, 7) is 1.85. The van der Waals surface area contributed by atoms with Crippen molar-refractivity contribution in [1.82, 2.24) is 5.32 Å². The zero-order valence-electron chi connectivity index (χ0n) is 16.2. The molecule has 0 aliphatic carbocycles. The SMILES string of the molecule is Cc1ccc(F)cc1[C@H]1NC(=O)CC[C@]12C(=O)Nc1cc(Cl)ccc12.c1ccsc1. The zero-order valence-corrected chi connectivity index (χ0v) is 17.8. The molecule has 1 aromatic heterocycles. The smallest absolute Gasteiger partial charge is 0.237 e. The van der Waals surface area contributed by atoms with E-state index in [2.05, 4.69) is 10.6 Å². The van der Waals surface area contributed by atoms with E-state index in [4.69, 9.17) is 11.6 Å². The van der Waals surface area contributed by atoms with Crippen LogP contribution in [0.4, 0.5) is 10.1 Å². The van der Waals surface area contributed by atoms with Crippen molar-refractivity contribution in [3.8, 4) is 0 Å². The van der Waals surface area contributed by atoms with E-state index in [0.29, 0.717) is 22.7 Å². The van der Waals surface area contributed by atoms with Gasteiger partial charge in [-0.1, -0.05) is 35.9 Å². The van der Waals surface area contributed by atoms with Gasteiger partial charge in [-0.25, -0.2) is 4.39 Å². The van der Waals surface area contributed by atoms with Crippen LogP contribution in [0.25, 0.3) is 0 Å². The first-order valence-corrected chi connectivity index (χ1v) is 10.9. The number of anilines is 1. The standard InChI is InChI=1S/C19H16ClFN2O2.C4H4S/c1-10-2-4-12(21)9-13(10)17-19(7-6-16(24)23-17)14-5-3-11(20)8-15(14)22-18(19)25;1-2-4-5-3-1/h2-5,8-9,17H,6-7H2,1H3,(H,22,25)(H,23,24);1-4H/t17-,19-;/m1./s1. The Hall–Kier alpha value is -2.70. The summed E-state index contributed by atoms with van der Waals surface area (Å²) in [7, 11) is 0. The Kier molecular flexibility index (Phi) is 5.62. The molecule has 7 heteroatoms. The van der Waals surface area contributed by atoms with E-state index in [9.17, 15) is 14.0 Å². The summed E-state index contributed by atoms with van der Waals surface area (Å²) in [6, 6.07) is 13.1. The van der Waals surface area contributed by atoms with Gasteiger partial charge < -0.3 is 10.6 Å². The Morgan fingerprint density at radius 3 is 2.60 bits per heavy atom. The first-order chi connectivity index (χ1) is 14.4. The van der Waals surface area contributed by atoms with Crippen LogP contribution in [0.5, 0.6) is 0 Å². The van der Waals surface area contributed by atoms with Crippen molar-refractivity contribution in [2.24, 2.45) is 0 Å². The molecule has 2 aliphatic heterocycles. The van der Waals surface area contributed by atoms with Crippen LogP contribution < -0.4 is 10.6 Å². The van der Waals surface area contributed by atoms with Crippen LogP contribution in [0, 0.1) is 12.7 Å². The van der Waals surface area contributed by atoms with Crippen LogP contribution in [0.15, 0.2) is 59.3 Å². The molecule has 2 amide bonds. The van der Waals surface area contributed by atoms with Crippen molar-refractivity contribution in [2.75, 3.05) is 5.32 Å². The summed E-state index contributed by atoms with van der Waals surface area (Å²) in [5, 5.41) is 10.4. The summed E-state index contributed by atoms with van der Waals surface area (Å²) in [5.74, 6) is -0.738. The predicted octanol–water partition coefficient (Wildman–Crippen LogP) is 5.38. The Labute approximate surface area is 183 Å². The number of piperidine rings is 1. The van der Waals surface area contributed by atoms with Crippen LogP contribution in [0.1, 0.15) is 35.6 Å². The number of thiophene rings is 1. The average Bonchev–Trinajstić information content (AvgIpc) is 3.37. The third-order valence-electron chi connectivity index (χ3n) is 5.64. The normalized spacial score (nSPS) is 22.0. The first kappa shape index (κ1) is 20.6. The molecule has 1 fully saturated rings. The van der Waals surface area contributed by atoms with Gasteiger partial charge in [0.2, 0.25) is 11.8 Å². The van der Waals surface area contributed by atoms with Crippen LogP contribution >= 0.6 is 22.9 Å². The number of carbonyl (C=O) groups is 2. The molecule has 5 rings (SSSR count). The number of carbonyl (C=O) groups excluding carboxylic acids is 2. The minimum Gasteiger partial charge on any atom is -0.348 e.